The smallest absolute Gasteiger partial charge is 0.261 e. The van der Waals surface area contributed by atoms with Gasteiger partial charge in [0.2, 0.25) is 0 Å². The molecule has 0 fully saturated rings. The monoisotopic (exact) mass is 506 g/mol. The number of aromatic nitrogens is 2. The summed E-state index contributed by atoms with van der Waals surface area (Å²) >= 11 is 1.52. The quantitative estimate of drug-likeness (QED) is 0.304. The van der Waals surface area contributed by atoms with Crippen LogP contribution in [-0.4, -0.2) is 39.1 Å². The maximum atomic E-state index is 13.6. The third kappa shape index (κ3) is 4.21. The van der Waals surface area contributed by atoms with Gasteiger partial charge in [-0.2, -0.15) is 0 Å². The highest BCUT2D eigenvalue weighted by atomic mass is 32.1. The topological polar surface area (TPSA) is 95.2 Å². The summed E-state index contributed by atoms with van der Waals surface area (Å²) in [5.74, 6) is -0.943. The van der Waals surface area contributed by atoms with Gasteiger partial charge in [0.1, 0.15) is 5.65 Å². The first-order valence-corrected chi connectivity index (χ1v) is 12.8. The van der Waals surface area contributed by atoms with Gasteiger partial charge in [0.05, 0.1) is 29.3 Å². The van der Waals surface area contributed by atoms with Crippen molar-refractivity contribution >= 4 is 40.1 Å². The number of imide groups is 1. The van der Waals surface area contributed by atoms with Gasteiger partial charge in [0.25, 0.3) is 17.7 Å². The number of carbonyl (C=O) groups excluding carboxylic acids is 3. The number of amides is 3. The van der Waals surface area contributed by atoms with E-state index in [-0.39, 0.29) is 24.3 Å². The normalized spacial score (nSPS) is 13.7. The highest BCUT2D eigenvalue weighted by Gasteiger charge is 2.37. The number of benzene rings is 2. The van der Waals surface area contributed by atoms with Crippen molar-refractivity contribution < 1.29 is 14.4 Å². The van der Waals surface area contributed by atoms with Gasteiger partial charge >= 0.3 is 0 Å². The van der Waals surface area contributed by atoms with Crippen LogP contribution >= 0.6 is 11.3 Å². The molecule has 0 aliphatic carbocycles. The highest BCUT2D eigenvalue weighted by Crippen LogP contribution is 2.28. The lowest BCUT2D eigenvalue weighted by atomic mass is 10.0. The van der Waals surface area contributed by atoms with E-state index < -0.39 is 6.04 Å². The standard InChI is InChI=1S/C29H22N4O3S/c34-27(23-12-15-37-25(23)16-19-10-13-30-26-20(19)11-14-31-26)32-24(18-6-2-1-3-7-18)17-33-28(35)21-8-4-5-9-22(21)29(33)36/h1-15,24H,16-17H2,(H,30,31)(H,32,34)/t24-/m1/s1. The average Bonchev–Trinajstić information content (AvgIpc) is 3.65. The van der Waals surface area contributed by atoms with Crippen molar-refractivity contribution in [3.05, 3.63) is 123 Å². The molecule has 2 N–H and O–H groups in total. The van der Waals surface area contributed by atoms with Crippen LogP contribution in [0, 0.1) is 0 Å². The molecule has 3 aromatic heterocycles. The molecule has 1 aliphatic rings. The third-order valence-electron chi connectivity index (χ3n) is 6.64. The van der Waals surface area contributed by atoms with E-state index in [9.17, 15) is 14.4 Å². The zero-order valence-corrected chi connectivity index (χ0v) is 20.5. The minimum absolute atomic E-state index is 0.0376. The van der Waals surface area contributed by atoms with Gasteiger partial charge in [0.15, 0.2) is 0 Å². The molecule has 0 radical (unpaired) electrons. The Bertz CT molecular complexity index is 1600. The molecule has 8 heteroatoms. The van der Waals surface area contributed by atoms with Gasteiger partial charge in [-0.3, -0.25) is 19.3 Å². The molecule has 0 bridgehead atoms. The van der Waals surface area contributed by atoms with Crippen molar-refractivity contribution in [3.63, 3.8) is 0 Å². The van der Waals surface area contributed by atoms with E-state index in [2.05, 4.69) is 15.3 Å². The summed E-state index contributed by atoms with van der Waals surface area (Å²) in [7, 11) is 0. The molecule has 0 unspecified atom stereocenters. The first kappa shape index (κ1) is 22.9. The molecule has 1 atom stereocenters. The second kappa shape index (κ2) is 9.48. The zero-order chi connectivity index (χ0) is 25.4. The molecular weight excluding hydrogens is 484 g/mol. The molecule has 3 amide bonds. The summed E-state index contributed by atoms with van der Waals surface area (Å²) in [5.41, 5.74) is 4.05. The van der Waals surface area contributed by atoms with Gasteiger partial charge < -0.3 is 10.3 Å². The summed E-state index contributed by atoms with van der Waals surface area (Å²) in [6.45, 7) is 0.0376. The van der Waals surface area contributed by atoms with Gasteiger partial charge in [-0.1, -0.05) is 42.5 Å². The molecule has 182 valence electrons. The molecule has 0 saturated heterocycles. The first-order chi connectivity index (χ1) is 18.1. The van der Waals surface area contributed by atoms with E-state index in [0.29, 0.717) is 23.1 Å². The van der Waals surface area contributed by atoms with Gasteiger partial charge in [-0.25, -0.2) is 4.98 Å². The van der Waals surface area contributed by atoms with Gasteiger partial charge in [-0.15, -0.1) is 11.3 Å². The van der Waals surface area contributed by atoms with Gasteiger partial charge in [0, 0.05) is 29.1 Å². The number of hydrogen-bond acceptors (Lipinski definition) is 5. The first-order valence-electron chi connectivity index (χ1n) is 11.9. The number of aromatic amines is 1. The maximum absolute atomic E-state index is 13.6. The number of pyridine rings is 1. The second-order valence-corrected chi connectivity index (χ2v) is 9.85. The summed E-state index contributed by atoms with van der Waals surface area (Å²) in [6.07, 6.45) is 4.20. The summed E-state index contributed by atoms with van der Waals surface area (Å²) in [6, 6.07) is 21.4. The van der Waals surface area contributed by atoms with Crippen LogP contribution in [0.15, 0.2) is 90.6 Å². The van der Waals surface area contributed by atoms with Crippen molar-refractivity contribution in [2.45, 2.75) is 12.5 Å². The molecular formula is C29H22N4O3S. The third-order valence-corrected chi connectivity index (χ3v) is 7.56. The van der Waals surface area contributed by atoms with Crippen LogP contribution in [0.25, 0.3) is 11.0 Å². The maximum Gasteiger partial charge on any atom is 0.261 e. The van der Waals surface area contributed by atoms with Crippen molar-refractivity contribution in [3.8, 4) is 0 Å². The molecule has 6 rings (SSSR count). The Kier molecular flexibility index (Phi) is 5.86. The minimum Gasteiger partial charge on any atom is -0.346 e. The van der Waals surface area contributed by atoms with E-state index in [0.717, 1.165) is 27.0 Å². The lowest BCUT2D eigenvalue weighted by Gasteiger charge is -2.24. The summed E-state index contributed by atoms with van der Waals surface area (Å²) < 4.78 is 0. The lowest BCUT2D eigenvalue weighted by molar-refractivity contribution is 0.0629. The minimum atomic E-state index is -0.569. The fourth-order valence-corrected chi connectivity index (χ4v) is 5.66. The van der Waals surface area contributed by atoms with Crippen molar-refractivity contribution in [2.75, 3.05) is 6.54 Å². The summed E-state index contributed by atoms with van der Waals surface area (Å²) in [4.78, 5) is 49.2. The molecule has 1 aliphatic heterocycles. The molecule has 7 nitrogen and oxygen atoms in total. The van der Waals surface area contributed by atoms with Gasteiger partial charge in [-0.05, 0) is 46.8 Å². The number of carbonyl (C=O) groups is 3. The molecule has 5 aromatic rings. The van der Waals surface area contributed by atoms with Crippen molar-refractivity contribution in [1.82, 2.24) is 20.2 Å². The van der Waals surface area contributed by atoms with E-state index in [4.69, 9.17) is 0 Å². The Morgan fingerprint density at radius 1 is 0.946 bits per heavy atom. The number of nitrogens with one attached hydrogen (secondary N) is 2. The molecule has 2 aromatic carbocycles. The van der Waals surface area contributed by atoms with Crippen LogP contribution in [-0.2, 0) is 6.42 Å². The van der Waals surface area contributed by atoms with E-state index in [1.807, 2.05) is 60.1 Å². The number of hydrogen-bond donors (Lipinski definition) is 2. The zero-order valence-electron chi connectivity index (χ0n) is 19.7. The van der Waals surface area contributed by atoms with Crippen LogP contribution in [0.3, 0.4) is 0 Å². The fourth-order valence-electron chi connectivity index (χ4n) is 4.77. The lowest BCUT2D eigenvalue weighted by Crippen LogP contribution is -2.40. The predicted molar refractivity (Wildman–Crippen MR) is 142 cm³/mol. The Hall–Kier alpha value is -4.56. The van der Waals surface area contributed by atoms with Crippen molar-refractivity contribution in [2.24, 2.45) is 0 Å². The SMILES string of the molecule is O=C(N[C@H](CN1C(=O)c2ccccc2C1=O)c1ccccc1)c1ccsc1Cc1ccnc2[nH]ccc12. The molecule has 4 heterocycles. The highest BCUT2D eigenvalue weighted by molar-refractivity contribution is 7.10. The Morgan fingerprint density at radius 3 is 2.43 bits per heavy atom. The van der Waals surface area contributed by atoms with E-state index in [1.165, 1.54) is 16.2 Å². The van der Waals surface area contributed by atoms with E-state index in [1.54, 1.807) is 30.5 Å². The molecule has 37 heavy (non-hydrogen) atoms. The van der Waals surface area contributed by atoms with Crippen LogP contribution in [0.1, 0.15) is 53.1 Å². The number of rotatable bonds is 7. The molecule has 0 spiro atoms. The Balaban J connectivity index is 1.27. The number of fused-ring (bicyclic) bond motifs is 2. The number of nitrogens with zero attached hydrogens (tertiary/aromatic N) is 2. The fraction of sp³-hybridized carbons (Fsp3) is 0.103. The number of H-pyrrole nitrogens is 1. The largest absolute Gasteiger partial charge is 0.346 e. The molecule has 0 saturated carbocycles. The van der Waals surface area contributed by atoms with E-state index >= 15 is 0 Å². The average molecular weight is 507 g/mol. The van der Waals surface area contributed by atoms with Crippen LogP contribution in [0.5, 0.6) is 0 Å². The number of thiophene rings is 1. The van der Waals surface area contributed by atoms with Crippen molar-refractivity contribution in [1.29, 1.82) is 0 Å². The van der Waals surface area contributed by atoms with Crippen LogP contribution in [0.2, 0.25) is 0 Å². The Labute approximate surface area is 216 Å². The summed E-state index contributed by atoms with van der Waals surface area (Å²) in [5, 5.41) is 6.02. The van der Waals surface area contributed by atoms with Crippen LogP contribution < -0.4 is 5.32 Å². The Morgan fingerprint density at radius 2 is 1.68 bits per heavy atom. The second-order valence-electron chi connectivity index (χ2n) is 8.85. The predicted octanol–water partition coefficient (Wildman–Crippen LogP) is 4.98. The van der Waals surface area contributed by atoms with Crippen LogP contribution in [0.4, 0.5) is 0 Å².